The zero-order valence-corrected chi connectivity index (χ0v) is 11.1. The monoisotopic (exact) mass is 266 g/mol. The van der Waals surface area contributed by atoms with Crippen LogP contribution in [0.15, 0.2) is 48.8 Å². The lowest BCUT2D eigenvalue weighted by Gasteiger charge is -2.07. The van der Waals surface area contributed by atoms with Gasteiger partial charge in [0.1, 0.15) is 5.69 Å². The lowest BCUT2D eigenvalue weighted by Crippen LogP contribution is -2.04. The van der Waals surface area contributed by atoms with Crippen molar-refractivity contribution in [1.29, 1.82) is 0 Å². The minimum Gasteiger partial charge on any atom is -0.354 e. The summed E-state index contributed by atoms with van der Waals surface area (Å²) in [4.78, 5) is 8.64. The van der Waals surface area contributed by atoms with Crippen LogP contribution in [0.1, 0.15) is 6.92 Å². The number of nitrogens with zero attached hydrogens (tertiary/aromatic N) is 5. The molecule has 3 rings (SSSR count). The molecule has 2 aromatic heterocycles. The van der Waals surface area contributed by atoms with E-state index in [0.717, 1.165) is 23.6 Å². The Morgan fingerprint density at radius 1 is 1.15 bits per heavy atom. The lowest BCUT2D eigenvalue weighted by atomic mass is 10.3. The number of rotatable bonds is 4. The summed E-state index contributed by atoms with van der Waals surface area (Å²) < 4.78 is 1.76. The molecule has 0 bridgehead atoms. The van der Waals surface area contributed by atoms with E-state index in [-0.39, 0.29) is 0 Å². The van der Waals surface area contributed by atoms with Gasteiger partial charge in [0.05, 0.1) is 17.6 Å². The third-order valence-electron chi connectivity index (χ3n) is 2.80. The van der Waals surface area contributed by atoms with Crippen LogP contribution in [0.25, 0.3) is 17.1 Å². The number of benzene rings is 1. The molecule has 0 saturated heterocycles. The van der Waals surface area contributed by atoms with Gasteiger partial charge in [-0.25, -0.2) is 14.6 Å². The first kappa shape index (κ1) is 12.3. The standard InChI is InChI=1S/C14H14N6/c1-2-15-14-16-9-8-12(18-14)13-10-17-19-20(13)11-6-4-3-5-7-11/h3-10H,2H2,1H3,(H,15,16,18). The van der Waals surface area contributed by atoms with Crippen molar-refractivity contribution in [3.05, 3.63) is 48.8 Å². The summed E-state index contributed by atoms with van der Waals surface area (Å²) >= 11 is 0. The van der Waals surface area contributed by atoms with Crippen molar-refractivity contribution in [2.24, 2.45) is 0 Å². The SMILES string of the molecule is CCNc1nccc(-c2cnnn2-c2ccccc2)n1. The Balaban J connectivity index is 2.04. The molecule has 0 amide bonds. The molecular formula is C14H14N6. The number of para-hydroxylation sites is 1. The van der Waals surface area contributed by atoms with Crippen LogP contribution in [0.3, 0.4) is 0 Å². The maximum atomic E-state index is 4.47. The summed E-state index contributed by atoms with van der Waals surface area (Å²) in [5, 5.41) is 11.2. The fourth-order valence-corrected chi connectivity index (χ4v) is 1.91. The van der Waals surface area contributed by atoms with Crippen molar-refractivity contribution in [1.82, 2.24) is 25.0 Å². The summed E-state index contributed by atoms with van der Waals surface area (Å²) in [5.41, 5.74) is 2.56. The normalized spacial score (nSPS) is 10.4. The average Bonchev–Trinajstić information content (AvgIpc) is 2.98. The zero-order valence-electron chi connectivity index (χ0n) is 11.1. The van der Waals surface area contributed by atoms with Gasteiger partial charge in [-0.05, 0) is 25.1 Å². The summed E-state index contributed by atoms with van der Waals surface area (Å²) in [7, 11) is 0. The fraction of sp³-hybridized carbons (Fsp3) is 0.143. The molecule has 0 aliphatic rings. The first-order chi connectivity index (χ1) is 9.88. The highest BCUT2D eigenvalue weighted by Gasteiger charge is 2.10. The minimum atomic E-state index is 0.603. The Hall–Kier alpha value is -2.76. The second-order valence-corrected chi connectivity index (χ2v) is 4.16. The van der Waals surface area contributed by atoms with Crippen LogP contribution < -0.4 is 5.32 Å². The molecule has 20 heavy (non-hydrogen) atoms. The summed E-state index contributed by atoms with van der Waals surface area (Å²) in [6, 6.07) is 11.7. The van der Waals surface area contributed by atoms with E-state index in [1.54, 1.807) is 17.1 Å². The highest BCUT2D eigenvalue weighted by molar-refractivity contribution is 5.57. The van der Waals surface area contributed by atoms with Crippen LogP contribution in [-0.2, 0) is 0 Å². The first-order valence-corrected chi connectivity index (χ1v) is 6.42. The molecule has 1 N–H and O–H groups in total. The van der Waals surface area contributed by atoms with Gasteiger partial charge in [0.25, 0.3) is 0 Å². The van der Waals surface area contributed by atoms with E-state index in [1.807, 2.05) is 43.3 Å². The lowest BCUT2D eigenvalue weighted by molar-refractivity contribution is 0.806. The Morgan fingerprint density at radius 2 is 2.00 bits per heavy atom. The molecule has 0 saturated carbocycles. The van der Waals surface area contributed by atoms with Crippen molar-refractivity contribution in [2.75, 3.05) is 11.9 Å². The third kappa shape index (κ3) is 2.35. The Morgan fingerprint density at radius 3 is 2.80 bits per heavy atom. The van der Waals surface area contributed by atoms with Crippen molar-refractivity contribution in [3.63, 3.8) is 0 Å². The predicted molar refractivity (Wildman–Crippen MR) is 76.5 cm³/mol. The van der Waals surface area contributed by atoms with E-state index in [1.165, 1.54) is 0 Å². The molecule has 2 heterocycles. The van der Waals surface area contributed by atoms with E-state index < -0.39 is 0 Å². The summed E-state index contributed by atoms with van der Waals surface area (Å²) in [6.07, 6.45) is 3.42. The third-order valence-corrected chi connectivity index (χ3v) is 2.80. The maximum Gasteiger partial charge on any atom is 0.223 e. The number of hydrogen-bond donors (Lipinski definition) is 1. The largest absolute Gasteiger partial charge is 0.354 e. The van der Waals surface area contributed by atoms with Gasteiger partial charge in [-0.1, -0.05) is 23.4 Å². The van der Waals surface area contributed by atoms with Gasteiger partial charge in [0.2, 0.25) is 5.95 Å². The van der Waals surface area contributed by atoms with E-state index in [4.69, 9.17) is 0 Å². The molecule has 3 aromatic rings. The number of anilines is 1. The van der Waals surface area contributed by atoms with E-state index in [9.17, 15) is 0 Å². The fourth-order valence-electron chi connectivity index (χ4n) is 1.91. The number of aromatic nitrogens is 5. The molecule has 0 atom stereocenters. The zero-order chi connectivity index (χ0) is 13.8. The quantitative estimate of drug-likeness (QED) is 0.783. The van der Waals surface area contributed by atoms with Crippen molar-refractivity contribution >= 4 is 5.95 Å². The van der Waals surface area contributed by atoms with Crippen LogP contribution in [0, 0.1) is 0 Å². The molecule has 0 radical (unpaired) electrons. The molecule has 0 spiro atoms. The topological polar surface area (TPSA) is 68.5 Å². The van der Waals surface area contributed by atoms with Gasteiger partial charge in [0.15, 0.2) is 0 Å². The van der Waals surface area contributed by atoms with Gasteiger partial charge in [-0.15, -0.1) is 5.10 Å². The number of hydrogen-bond acceptors (Lipinski definition) is 5. The highest BCUT2D eigenvalue weighted by atomic mass is 15.4. The molecule has 100 valence electrons. The van der Waals surface area contributed by atoms with E-state index >= 15 is 0 Å². The number of nitrogens with one attached hydrogen (secondary N) is 1. The summed E-state index contributed by atoms with van der Waals surface area (Å²) in [5.74, 6) is 0.603. The van der Waals surface area contributed by atoms with Gasteiger partial charge in [-0.2, -0.15) is 0 Å². The van der Waals surface area contributed by atoms with Crippen molar-refractivity contribution in [3.8, 4) is 17.1 Å². The predicted octanol–water partition coefficient (Wildman–Crippen LogP) is 2.16. The second kappa shape index (κ2) is 5.48. The van der Waals surface area contributed by atoms with Crippen LogP contribution in [0.4, 0.5) is 5.95 Å². The van der Waals surface area contributed by atoms with Crippen LogP contribution in [0.2, 0.25) is 0 Å². The van der Waals surface area contributed by atoms with Gasteiger partial charge in [0, 0.05) is 12.7 Å². The van der Waals surface area contributed by atoms with Crippen LogP contribution >= 0.6 is 0 Å². The molecule has 6 nitrogen and oxygen atoms in total. The van der Waals surface area contributed by atoms with Crippen LogP contribution in [-0.4, -0.2) is 31.5 Å². The van der Waals surface area contributed by atoms with Gasteiger partial charge in [-0.3, -0.25) is 0 Å². The average molecular weight is 266 g/mol. The van der Waals surface area contributed by atoms with E-state index in [2.05, 4.69) is 25.6 Å². The van der Waals surface area contributed by atoms with E-state index in [0.29, 0.717) is 5.95 Å². The van der Waals surface area contributed by atoms with Crippen LogP contribution in [0.5, 0.6) is 0 Å². The maximum absolute atomic E-state index is 4.47. The molecule has 0 aliphatic heterocycles. The van der Waals surface area contributed by atoms with Gasteiger partial charge < -0.3 is 5.32 Å². The van der Waals surface area contributed by atoms with Crippen molar-refractivity contribution in [2.45, 2.75) is 6.92 Å². The molecule has 6 heteroatoms. The molecular weight excluding hydrogens is 252 g/mol. The molecule has 0 unspecified atom stereocenters. The first-order valence-electron chi connectivity index (χ1n) is 6.42. The van der Waals surface area contributed by atoms with Crippen molar-refractivity contribution < 1.29 is 0 Å². The molecule has 0 fully saturated rings. The second-order valence-electron chi connectivity index (χ2n) is 4.16. The molecule has 0 aliphatic carbocycles. The smallest absolute Gasteiger partial charge is 0.223 e. The highest BCUT2D eigenvalue weighted by Crippen LogP contribution is 2.19. The minimum absolute atomic E-state index is 0.603. The van der Waals surface area contributed by atoms with Gasteiger partial charge >= 0.3 is 0 Å². The Bertz CT molecular complexity index is 692. The molecule has 1 aromatic carbocycles. The summed E-state index contributed by atoms with van der Waals surface area (Å²) in [6.45, 7) is 2.78. The Labute approximate surface area is 116 Å². The Kier molecular flexibility index (Phi) is 3.36.